The van der Waals surface area contributed by atoms with Crippen molar-refractivity contribution in [1.29, 1.82) is 0 Å². The number of nitrogens with one attached hydrogen (secondary N) is 2. The summed E-state index contributed by atoms with van der Waals surface area (Å²) in [5, 5.41) is 12.2. The summed E-state index contributed by atoms with van der Waals surface area (Å²) in [5.74, 6) is -0.272. The monoisotopic (exact) mass is 467 g/mol. The Morgan fingerprint density at radius 2 is 1.82 bits per heavy atom. The summed E-state index contributed by atoms with van der Waals surface area (Å²) in [6.07, 6.45) is 1.52. The van der Waals surface area contributed by atoms with Crippen molar-refractivity contribution in [3.05, 3.63) is 65.7 Å². The maximum atomic E-state index is 13.2. The van der Waals surface area contributed by atoms with Gasteiger partial charge in [0.25, 0.3) is 5.91 Å². The summed E-state index contributed by atoms with van der Waals surface area (Å²) in [6.45, 7) is 6.88. The largest absolute Gasteiger partial charge is 0.489 e. The van der Waals surface area contributed by atoms with E-state index in [4.69, 9.17) is 9.94 Å². The number of likely N-dealkylation sites (tertiary alicyclic amines) is 1. The van der Waals surface area contributed by atoms with E-state index in [0.29, 0.717) is 37.3 Å². The number of nitrogens with zero attached hydrogens (tertiary/aromatic N) is 1. The quantitative estimate of drug-likeness (QED) is 0.314. The van der Waals surface area contributed by atoms with E-state index in [1.807, 2.05) is 51.1 Å². The van der Waals surface area contributed by atoms with Crippen molar-refractivity contribution in [2.24, 2.45) is 5.41 Å². The molecule has 8 heteroatoms. The predicted molar refractivity (Wildman–Crippen MR) is 127 cm³/mol. The molecule has 2 aromatic rings. The minimum Gasteiger partial charge on any atom is -0.489 e. The molecule has 0 spiro atoms. The average Bonchev–Trinajstić information content (AvgIpc) is 2.83. The van der Waals surface area contributed by atoms with Crippen molar-refractivity contribution in [2.75, 3.05) is 6.54 Å². The van der Waals surface area contributed by atoms with Gasteiger partial charge in [-0.15, -0.1) is 0 Å². The second-order valence-corrected chi connectivity index (χ2v) is 9.92. The molecule has 2 atom stereocenters. The number of hydrogen-bond acceptors (Lipinski definition) is 5. The van der Waals surface area contributed by atoms with Crippen LogP contribution in [-0.4, -0.2) is 46.5 Å². The van der Waals surface area contributed by atoms with Gasteiger partial charge in [0.2, 0.25) is 12.3 Å². The van der Waals surface area contributed by atoms with Gasteiger partial charge in [0.05, 0.1) is 12.0 Å². The standard InChI is InChI=1S/C26H33N3O5/c1-25(2,3)22-15-26(16-23(31)28-33,13-14-29(22)18-30)27-24(32)20-9-11-21(12-10-20)34-17-19-7-5-4-6-8-19/h4-12,18,22,33H,13-17H2,1-3H3,(H,27,32)(H,28,31). The van der Waals surface area contributed by atoms with Gasteiger partial charge < -0.3 is 15.0 Å². The Morgan fingerprint density at radius 3 is 2.41 bits per heavy atom. The van der Waals surface area contributed by atoms with Crippen LogP contribution in [0.2, 0.25) is 0 Å². The van der Waals surface area contributed by atoms with E-state index in [-0.39, 0.29) is 23.8 Å². The van der Waals surface area contributed by atoms with Crippen LogP contribution >= 0.6 is 0 Å². The highest BCUT2D eigenvalue weighted by Gasteiger charge is 2.45. The Bertz CT molecular complexity index is 988. The molecule has 182 valence electrons. The summed E-state index contributed by atoms with van der Waals surface area (Å²) in [4.78, 5) is 38.6. The van der Waals surface area contributed by atoms with Gasteiger partial charge in [0.15, 0.2) is 0 Å². The molecule has 0 bridgehead atoms. The fourth-order valence-corrected chi connectivity index (χ4v) is 4.44. The lowest BCUT2D eigenvalue weighted by Gasteiger charge is -2.50. The summed E-state index contributed by atoms with van der Waals surface area (Å²) >= 11 is 0. The molecule has 3 rings (SSSR count). The maximum absolute atomic E-state index is 13.2. The molecule has 1 heterocycles. The highest BCUT2D eigenvalue weighted by molar-refractivity contribution is 5.95. The van der Waals surface area contributed by atoms with Crippen molar-refractivity contribution < 1.29 is 24.3 Å². The zero-order valence-electron chi connectivity index (χ0n) is 19.9. The number of rotatable bonds is 8. The Morgan fingerprint density at radius 1 is 1.15 bits per heavy atom. The molecule has 0 radical (unpaired) electrons. The van der Waals surface area contributed by atoms with Crippen LogP contribution in [0.5, 0.6) is 5.75 Å². The summed E-state index contributed by atoms with van der Waals surface area (Å²) in [6, 6.07) is 16.4. The molecule has 1 fully saturated rings. The molecule has 0 aliphatic carbocycles. The molecule has 2 unspecified atom stereocenters. The number of hydrogen-bond donors (Lipinski definition) is 3. The number of benzene rings is 2. The number of carbonyl (C=O) groups is 3. The molecule has 2 aromatic carbocycles. The highest BCUT2D eigenvalue weighted by atomic mass is 16.5. The zero-order valence-corrected chi connectivity index (χ0v) is 19.9. The first-order valence-corrected chi connectivity index (χ1v) is 11.4. The average molecular weight is 468 g/mol. The smallest absolute Gasteiger partial charge is 0.251 e. The van der Waals surface area contributed by atoms with Gasteiger partial charge in [-0.3, -0.25) is 19.6 Å². The van der Waals surface area contributed by atoms with Crippen molar-refractivity contribution >= 4 is 18.2 Å². The van der Waals surface area contributed by atoms with Crippen LogP contribution in [0, 0.1) is 5.41 Å². The second-order valence-electron chi connectivity index (χ2n) is 9.92. The van der Waals surface area contributed by atoms with Crippen molar-refractivity contribution in [3.63, 3.8) is 0 Å². The lowest BCUT2D eigenvalue weighted by molar-refractivity contribution is -0.133. The number of hydroxylamine groups is 1. The molecular weight excluding hydrogens is 434 g/mol. The lowest BCUT2D eigenvalue weighted by Crippen LogP contribution is -2.62. The SMILES string of the molecule is CC(C)(C)C1CC(CC(=O)NO)(NC(=O)c2ccc(OCc3ccccc3)cc2)CCN1C=O. The van der Waals surface area contributed by atoms with Gasteiger partial charge in [-0.05, 0) is 48.1 Å². The van der Waals surface area contributed by atoms with Gasteiger partial charge >= 0.3 is 0 Å². The first kappa shape index (κ1) is 25.2. The van der Waals surface area contributed by atoms with E-state index in [0.717, 1.165) is 12.0 Å². The van der Waals surface area contributed by atoms with Gasteiger partial charge in [0.1, 0.15) is 12.4 Å². The van der Waals surface area contributed by atoms with Crippen LogP contribution in [-0.2, 0) is 16.2 Å². The Hall–Kier alpha value is -3.39. The van der Waals surface area contributed by atoms with Crippen LogP contribution in [0.25, 0.3) is 0 Å². The van der Waals surface area contributed by atoms with Crippen LogP contribution < -0.4 is 15.5 Å². The second kappa shape index (κ2) is 10.7. The van der Waals surface area contributed by atoms with Crippen LogP contribution in [0.4, 0.5) is 0 Å². The van der Waals surface area contributed by atoms with Gasteiger partial charge in [-0.1, -0.05) is 51.1 Å². The normalized spacial score (nSPS) is 20.4. The molecule has 0 aromatic heterocycles. The third-order valence-corrected chi connectivity index (χ3v) is 6.34. The fraction of sp³-hybridized carbons (Fsp3) is 0.423. The van der Waals surface area contributed by atoms with Crippen LogP contribution in [0.3, 0.4) is 0 Å². The van der Waals surface area contributed by atoms with Gasteiger partial charge in [-0.25, -0.2) is 5.48 Å². The van der Waals surface area contributed by atoms with Crippen molar-refractivity contribution in [2.45, 2.75) is 58.2 Å². The molecule has 8 nitrogen and oxygen atoms in total. The van der Waals surface area contributed by atoms with Gasteiger partial charge in [0, 0.05) is 18.2 Å². The van der Waals surface area contributed by atoms with Crippen molar-refractivity contribution in [1.82, 2.24) is 15.7 Å². The molecule has 34 heavy (non-hydrogen) atoms. The first-order valence-electron chi connectivity index (χ1n) is 11.4. The molecule has 1 saturated heterocycles. The first-order chi connectivity index (χ1) is 16.2. The lowest BCUT2D eigenvalue weighted by atomic mass is 9.72. The van der Waals surface area contributed by atoms with E-state index in [1.54, 1.807) is 34.6 Å². The number of ether oxygens (including phenoxy) is 1. The van der Waals surface area contributed by atoms with Gasteiger partial charge in [-0.2, -0.15) is 0 Å². The van der Waals surface area contributed by atoms with Crippen molar-refractivity contribution in [3.8, 4) is 5.75 Å². The van der Waals surface area contributed by atoms with Crippen LogP contribution in [0.1, 0.15) is 56.0 Å². The minimum atomic E-state index is -0.899. The van der Waals surface area contributed by atoms with E-state index < -0.39 is 11.4 Å². The molecule has 1 aliphatic rings. The number of amides is 3. The number of carbonyl (C=O) groups excluding carboxylic acids is 3. The third-order valence-electron chi connectivity index (χ3n) is 6.34. The minimum absolute atomic E-state index is 0.0905. The molecule has 3 N–H and O–H groups in total. The fourth-order valence-electron chi connectivity index (χ4n) is 4.44. The van der Waals surface area contributed by atoms with E-state index in [1.165, 1.54) is 0 Å². The third kappa shape index (κ3) is 6.35. The summed E-state index contributed by atoms with van der Waals surface area (Å²) < 4.78 is 5.79. The number of piperidine rings is 1. The van der Waals surface area contributed by atoms with Crippen LogP contribution in [0.15, 0.2) is 54.6 Å². The summed E-state index contributed by atoms with van der Waals surface area (Å²) in [7, 11) is 0. The topological polar surface area (TPSA) is 108 Å². The Labute approximate surface area is 200 Å². The molecule has 3 amide bonds. The van der Waals surface area contributed by atoms with E-state index in [9.17, 15) is 14.4 Å². The molecule has 0 saturated carbocycles. The Kier molecular flexibility index (Phi) is 7.94. The maximum Gasteiger partial charge on any atom is 0.251 e. The summed E-state index contributed by atoms with van der Waals surface area (Å²) in [5.41, 5.74) is 1.99. The predicted octanol–water partition coefficient (Wildman–Crippen LogP) is 3.30. The molecular formula is C26H33N3O5. The zero-order chi connectivity index (χ0) is 24.8. The van der Waals surface area contributed by atoms with E-state index >= 15 is 0 Å². The Balaban J connectivity index is 1.74. The van der Waals surface area contributed by atoms with E-state index in [2.05, 4.69) is 5.32 Å². The molecule has 1 aliphatic heterocycles. The highest BCUT2D eigenvalue weighted by Crippen LogP contribution is 2.38.